The zero-order valence-corrected chi connectivity index (χ0v) is 11.5. The zero-order chi connectivity index (χ0) is 14.4. The fraction of sp³-hybridized carbons (Fsp3) is 0.357. The molecule has 0 radical (unpaired) electrons. The Balaban J connectivity index is 1.84. The molecule has 0 aliphatic rings. The number of hydrogen-bond acceptors (Lipinski definition) is 5. The summed E-state index contributed by atoms with van der Waals surface area (Å²) in [6.07, 6.45) is 4.52. The summed E-state index contributed by atoms with van der Waals surface area (Å²) in [7, 11) is 2.94. The van der Waals surface area contributed by atoms with Gasteiger partial charge in [-0.25, -0.2) is 0 Å². The number of rotatable bonds is 7. The van der Waals surface area contributed by atoms with Crippen molar-refractivity contribution in [1.82, 2.24) is 5.32 Å². The van der Waals surface area contributed by atoms with Crippen LogP contribution >= 0.6 is 0 Å². The van der Waals surface area contributed by atoms with E-state index in [9.17, 15) is 4.79 Å². The first-order valence-corrected chi connectivity index (χ1v) is 6.26. The number of carbonyl (C=O) groups is 1. The topological polar surface area (TPSA) is 73.8 Å². The molecule has 1 N–H and O–H groups in total. The zero-order valence-electron chi connectivity index (χ0n) is 11.5. The number of hydrogen-bond donors (Lipinski definition) is 1. The van der Waals surface area contributed by atoms with E-state index < -0.39 is 0 Å². The Morgan fingerprint density at radius 1 is 1.30 bits per heavy atom. The second-order valence-electron chi connectivity index (χ2n) is 4.11. The van der Waals surface area contributed by atoms with Crippen LogP contribution in [0.1, 0.15) is 22.7 Å². The molecule has 108 valence electrons. The minimum Gasteiger partial charge on any atom is -0.490 e. The molecule has 0 fully saturated rings. The van der Waals surface area contributed by atoms with Crippen LogP contribution < -0.4 is 14.8 Å². The average Bonchev–Trinajstić information content (AvgIpc) is 3.11. The van der Waals surface area contributed by atoms with Crippen molar-refractivity contribution >= 4 is 5.91 Å². The molecule has 2 aromatic heterocycles. The van der Waals surface area contributed by atoms with Gasteiger partial charge in [0.2, 0.25) is 11.5 Å². The van der Waals surface area contributed by atoms with Gasteiger partial charge >= 0.3 is 0 Å². The van der Waals surface area contributed by atoms with Gasteiger partial charge in [-0.15, -0.1) is 0 Å². The maximum atomic E-state index is 12.0. The first kappa shape index (κ1) is 14.0. The lowest BCUT2D eigenvalue weighted by atomic mass is 10.2. The molecule has 6 heteroatoms. The molecule has 1 amide bonds. The van der Waals surface area contributed by atoms with Crippen LogP contribution in [0.3, 0.4) is 0 Å². The standard InChI is InChI=1S/C14H17NO5/c1-17-11-9-20-13(12(11)18-2)14(16)15-7-3-5-10-6-4-8-19-10/h4,6,8-9H,3,5,7H2,1-2H3,(H,15,16). The van der Waals surface area contributed by atoms with Crippen molar-refractivity contribution in [2.45, 2.75) is 12.8 Å². The van der Waals surface area contributed by atoms with Crippen LogP contribution in [0.15, 0.2) is 33.5 Å². The molecule has 0 bridgehead atoms. The van der Waals surface area contributed by atoms with Crippen LogP contribution in [0.4, 0.5) is 0 Å². The van der Waals surface area contributed by atoms with Crippen molar-refractivity contribution in [1.29, 1.82) is 0 Å². The lowest BCUT2D eigenvalue weighted by Gasteiger charge is -2.05. The molecule has 0 saturated carbocycles. The van der Waals surface area contributed by atoms with Gasteiger partial charge in [0.25, 0.3) is 5.91 Å². The van der Waals surface area contributed by atoms with E-state index in [0.717, 1.165) is 18.6 Å². The highest BCUT2D eigenvalue weighted by molar-refractivity contribution is 5.95. The second-order valence-corrected chi connectivity index (χ2v) is 4.11. The highest BCUT2D eigenvalue weighted by atomic mass is 16.5. The van der Waals surface area contributed by atoms with Crippen molar-refractivity contribution in [2.24, 2.45) is 0 Å². The Labute approximate surface area is 116 Å². The van der Waals surface area contributed by atoms with E-state index in [4.69, 9.17) is 18.3 Å². The normalized spacial score (nSPS) is 10.3. The summed E-state index contributed by atoms with van der Waals surface area (Å²) in [5.74, 6) is 1.38. The highest BCUT2D eigenvalue weighted by Gasteiger charge is 2.21. The third kappa shape index (κ3) is 3.14. The molecule has 0 atom stereocenters. The lowest BCUT2D eigenvalue weighted by Crippen LogP contribution is -2.24. The number of amides is 1. The fourth-order valence-corrected chi connectivity index (χ4v) is 1.82. The molecule has 0 spiro atoms. The summed E-state index contributed by atoms with van der Waals surface area (Å²) in [4.78, 5) is 12.0. The van der Waals surface area contributed by atoms with Crippen LogP contribution in [-0.2, 0) is 6.42 Å². The van der Waals surface area contributed by atoms with Gasteiger partial charge in [0, 0.05) is 13.0 Å². The van der Waals surface area contributed by atoms with Crippen molar-refractivity contribution in [3.05, 3.63) is 36.2 Å². The second kappa shape index (κ2) is 6.70. The molecular formula is C14H17NO5. The quantitative estimate of drug-likeness (QED) is 0.787. The fourth-order valence-electron chi connectivity index (χ4n) is 1.82. The number of methoxy groups -OCH3 is 2. The molecule has 0 unspecified atom stereocenters. The van der Waals surface area contributed by atoms with E-state index in [2.05, 4.69) is 5.32 Å². The molecule has 0 saturated heterocycles. The molecule has 20 heavy (non-hydrogen) atoms. The van der Waals surface area contributed by atoms with E-state index in [1.54, 1.807) is 6.26 Å². The number of nitrogens with one attached hydrogen (secondary N) is 1. The minimum atomic E-state index is -0.329. The Morgan fingerprint density at radius 2 is 2.15 bits per heavy atom. The van der Waals surface area contributed by atoms with Gasteiger partial charge in [0.1, 0.15) is 12.0 Å². The summed E-state index contributed by atoms with van der Waals surface area (Å²) < 4.78 is 20.5. The van der Waals surface area contributed by atoms with Gasteiger partial charge in [-0.3, -0.25) is 4.79 Å². The van der Waals surface area contributed by atoms with Gasteiger partial charge in [-0.1, -0.05) is 0 Å². The van der Waals surface area contributed by atoms with Crippen molar-refractivity contribution in [3.63, 3.8) is 0 Å². The number of ether oxygens (including phenoxy) is 2. The summed E-state index contributed by atoms with van der Waals surface area (Å²) in [6.45, 7) is 0.520. The van der Waals surface area contributed by atoms with E-state index in [0.29, 0.717) is 18.0 Å². The van der Waals surface area contributed by atoms with Crippen LogP contribution in [0, 0.1) is 0 Å². The first-order valence-electron chi connectivity index (χ1n) is 6.26. The van der Waals surface area contributed by atoms with E-state index in [1.807, 2.05) is 12.1 Å². The van der Waals surface area contributed by atoms with Gasteiger partial charge < -0.3 is 23.6 Å². The monoisotopic (exact) mass is 279 g/mol. The maximum absolute atomic E-state index is 12.0. The third-order valence-electron chi connectivity index (χ3n) is 2.81. The van der Waals surface area contributed by atoms with E-state index >= 15 is 0 Å². The van der Waals surface area contributed by atoms with Crippen LogP contribution in [-0.4, -0.2) is 26.7 Å². The number of aryl methyl sites for hydroxylation is 1. The summed E-state index contributed by atoms with van der Waals surface area (Å²) in [5.41, 5.74) is 0. The summed E-state index contributed by atoms with van der Waals surface area (Å²) in [5, 5.41) is 2.76. The van der Waals surface area contributed by atoms with Crippen LogP contribution in [0.5, 0.6) is 11.5 Å². The van der Waals surface area contributed by atoms with Crippen molar-refractivity contribution in [2.75, 3.05) is 20.8 Å². The molecular weight excluding hydrogens is 262 g/mol. The first-order chi connectivity index (χ1) is 9.76. The molecule has 0 aliphatic carbocycles. The number of carbonyl (C=O) groups excluding carboxylic acids is 1. The lowest BCUT2D eigenvalue weighted by molar-refractivity contribution is 0.0921. The Hall–Kier alpha value is -2.37. The van der Waals surface area contributed by atoms with E-state index in [-0.39, 0.29) is 11.7 Å². The molecule has 2 heterocycles. The third-order valence-corrected chi connectivity index (χ3v) is 2.81. The van der Waals surface area contributed by atoms with Gasteiger partial charge in [-0.05, 0) is 18.6 Å². The SMILES string of the molecule is COc1coc(C(=O)NCCCc2ccco2)c1OC. The van der Waals surface area contributed by atoms with Gasteiger partial charge in [-0.2, -0.15) is 0 Å². The average molecular weight is 279 g/mol. The molecule has 0 aliphatic heterocycles. The van der Waals surface area contributed by atoms with Gasteiger partial charge in [0.05, 0.1) is 20.5 Å². The Morgan fingerprint density at radius 3 is 2.80 bits per heavy atom. The summed E-state index contributed by atoms with van der Waals surface area (Å²) in [6, 6.07) is 3.75. The maximum Gasteiger partial charge on any atom is 0.291 e. The Kier molecular flexibility index (Phi) is 4.70. The van der Waals surface area contributed by atoms with Crippen molar-refractivity contribution < 1.29 is 23.1 Å². The van der Waals surface area contributed by atoms with Crippen molar-refractivity contribution in [3.8, 4) is 11.5 Å². The van der Waals surface area contributed by atoms with Crippen LogP contribution in [0.25, 0.3) is 0 Å². The number of furan rings is 2. The Bertz CT molecular complexity index is 544. The predicted octanol–water partition coefficient (Wildman–Crippen LogP) is 2.25. The molecule has 0 aromatic carbocycles. The van der Waals surface area contributed by atoms with E-state index in [1.165, 1.54) is 20.5 Å². The molecule has 6 nitrogen and oxygen atoms in total. The smallest absolute Gasteiger partial charge is 0.291 e. The summed E-state index contributed by atoms with van der Waals surface area (Å²) >= 11 is 0. The largest absolute Gasteiger partial charge is 0.490 e. The minimum absolute atomic E-state index is 0.113. The highest BCUT2D eigenvalue weighted by Crippen LogP contribution is 2.32. The molecule has 2 rings (SSSR count). The van der Waals surface area contributed by atoms with Crippen LogP contribution in [0.2, 0.25) is 0 Å². The van der Waals surface area contributed by atoms with Gasteiger partial charge in [0.15, 0.2) is 5.75 Å². The molecule has 2 aromatic rings. The predicted molar refractivity (Wildman–Crippen MR) is 71.2 cm³/mol.